The van der Waals surface area contributed by atoms with Crippen LogP contribution in [0.25, 0.3) is 0 Å². The maximum absolute atomic E-state index is 13.2. The van der Waals surface area contributed by atoms with Crippen LogP contribution in [0.1, 0.15) is 52.0 Å². The van der Waals surface area contributed by atoms with Gasteiger partial charge in [0.15, 0.2) is 11.5 Å². The number of nitrogens with zero attached hydrogens (tertiary/aromatic N) is 1. The molecule has 2 heterocycles. The molecule has 0 unspecified atom stereocenters. The Morgan fingerprint density at radius 2 is 1.74 bits per heavy atom. The van der Waals surface area contributed by atoms with Crippen LogP contribution in [-0.2, 0) is 23.8 Å². The zero-order valence-corrected chi connectivity index (χ0v) is 20.7. The smallest absolute Gasteiger partial charge is 0.336 e. The minimum absolute atomic E-state index is 0.0209. The number of esters is 2. The highest BCUT2D eigenvalue weighted by Gasteiger charge is 2.38. The summed E-state index contributed by atoms with van der Waals surface area (Å²) in [5.74, 6) is -0.763. The molecule has 1 saturated heterocycles. The van der Waals surface area contributed by atoms with Gasteiger partial charge in [-0.15, -0.1) is 0 Å². The van der Waals surface area contributed by atoms with Crippen LogP contribution in [0.4, 0.5) is 0 Å². The van der Waals surface area contributed by atoms with E-state index >= 15 is 0 Å². The monoisotopic (exact) mass is 473 g/mol. The fourth-order valence-corrected chi connectivity index (χ4v) is 4.23. The number of carbonyl (C=O) groups is 2. The Morgan fingerprint density at radius 3 is 2.24 bits per heavy atom. The van der Waals surface area contributed by atoms with Crippen molar-refractivity contribution in [2.45, 2.75) is 58.7 Å². The molecule has 34 heavy (non-hydrogen) atoms. The summed E-state index contributed by atoms with van der Waals surface area (Å²) in [7, 11) is 1.56. The van der Waals surface area contributed by atoms with Crippen molar-refractivity contribution in [2.24, 2.45) is 0 Å². The normalized spacial score (nSPS) is 18.4. The summed E-state index contributed by atoms with van der Waals surface area (Å²) < 4.78 is 28.2. The van der Waals surface area contributed by atoms with Crippen LogP contribution >= 0.6 is 0 Å². The number of para-hydroxylation sites is 1. The molecule has 2 aliphatic rings. The molecule has 3 rings (SSSR count). The standard InChI is InChI=1S/C26H35NO7/c1-6-31-25(28)20-15-27(14-18-10-9-13-33-18)16-21(26(29)32-7-2)23(20)19-11-8-12-22(30-5)24(19)34-17(3)4/h8,11-12,15-18,23H,6-7,9-10,13-14H2,1-5H3/t18-/m1/s1. The minimum atomic E-state index is -0.748. The van der Waals surface area contributed by atoms with E-state index in [2.05, 4.69) is 0 Å². The van der Waals surface area contributed by atoms with Gasteiger partial charge in [0.05, 0.1) is 49.6 Å². The molecule has 1 aromatic carbocycles. The number of hydrogen-bond donors (Lipinski definition) is 0. The number of carbonyl (C=O) groups excluding carboxylic acids is 2. The van der Waals surface area contributed by atoms with Crippen molar-refractivity contribution < 1.29 is 33.3 Å². The molecular weight excluding hydrogens is 438 g/mol. The summed E-state index contributed by atoms with van der Waals surface area (Å²) in [6.07, 6.45) is 5.27. The molecule has 0 aliphatic carbocycles. The third-order valence-electron chi connectivity index (χ3n) is 5.59. The van der Waals surface area contributed by atoms with Crippen molar-refractivity contribution in [3.63, 3.8) is 0 Å². The van der Waals surface area contributed by atoms with Crippen molar-refractivity contribution >= 4 is 11.9 Å². The third-order valence-corrected chi connectivity index (χ3v) is 5.59. The van der Waals surface area contributed by atoms with Gasteiger partial charge in [0.1, 0.15) is 0 Å². The Bertz CT molecular complexity index is 895. The number of ether oxygens (including phenoxy) is 5. The predicted molar refractivity (Wildman–Crippen MR) is 127 cm³/mol. The second kappa shape index (κ2) is 11.9. The van der Waals surface area contributed by atoms with Crippen LogP contribution in [0.2, 0.25) is 0 Å². The van der Waals surface area contributed by atoms with E-state index in [-0.39, 0.29) is 25.4 Å². The average molecular weight is 474 g/mol. The third kappa shape index (κ3) is 5.91. The van der Waals surface area contributed by atoms with Crippen LogP contribution in [0.5, 0.6) is 11.5 Å². The number of methoxy groups -OCH3 is 1. The summed E-state index contributed by atoms with van der Waals surface area (Å²) in [5.41, 5.74) is 1.28. The molecule has 0 saturated carbocycles. The van der Waals surface area contributed by atoms with E-state index < -0.39 is 17.9 Å². The zero-order chi connectivity index (χ0) is 24.7. The van der Waals surface area contributed by atoms with Crippen molar-refractivity contribution in [3.05, 3.63) is 47.3 Å². The van der Waals surface area contributed by atoms with Gasteiger partial charge >= 0.3 is 11.9 Å². The highest BCUT2D eigenvalue weighted by Crippen LogP contribution is 2.45. The van der Waals surface area contributed by atoms with Gasteiger partial charge in [0.2, 0.25) is 0 Å². The fraction of sp³-hybridized carbons (Fsp3) is 0.538. The molecule has 1 fully saturated rings. The largest absolute Gasteiger partial charge is 0.493 e. The second-order valence-electron chi connectivity index (χ2n) is 8.42. The van der Waals surface area contributed by atoms with Crippen LogP contribution < -0.4 is 9.47 Å². The summed E-state index contributed by atoms with van der Waals surface area (Å²) in [4.78, 5) is 28.2. The quantitative estimate of drug-likeness (QED) is 0.473. The van der Waals surface area contributed by atoms with Gasteiger partial charge in [0, 0.05) is 31.1 Å². The molecule has 8 nitrogen and oxygen atoms in total. The van der Waals surface area contributed by atoms with E-state index in [1.165, 1.54) is 0 Å². The van der Waals surface area contributed by atoms with E-state index in [0.29, 0.717) is 41.4 Å². The van der Waals surface area contributed by atoms with E-state index in [1.807, 2.05) is 30.9 Å². The lowest BCUT2D eigenvalue weighted by atomic mass is 9.82. The molecule has 1 atom stereocenters. The molecule has 0 spiro atoms. The van der Waals surface area contributed by atoms with Crippen LogP contribution in [0.3, 0.4) is 0 Å². The second-order valence-corrected chi connectivity index (χ2v) is 8.42. The first-order valence-corrected chi connectivity index (χ1v) is 11.9. The summed E-state index contributed by atoms with van der Waals surface area (Å²) in [5, 5.41) is 0. The lowest BCUT2D eigenvalue weighted by Crippen LogP contribution is -2.33. The van der Waals surface area contributed by atoms with Crippen molar-refractivity contribution in [2.75, 3.05) is 33.5 Å². The first-order chi connectivity index (χ1) is 16.4. The lowest BCUT2D eigenvalue weighted by molar-refractivity contribution is -0.139. The molecule has 0 amide bonds. The van der Waals surface area contributed by atoms with Gasteiger partial charge in [-0.2, -0.15) is 0 Å². The van der Waals surface area contributed by atoms with Crippen molar-refractivity contribution in [1.29, 1.82) is 0 Å². The molecule has 2 aliphatic heterocycles. The topological polar surface area (TPSA) is 83.5 Å². The number of benzene rings is 1. The highest BCUT2D eigenvalue weighted by atomic mass is 16.5. The Morgan fingerprint density at radius 1 is 1.09 bits per heavy atom. The number of hydrogen-bond acceptors (Lipinski definition) is 8. The van der Waals surface area contributed by atoms with E-state index in [9.17, 15) is 9.59 Å². The zero-order valence-electron chi connectivity index (χ0n) is 20.7. The molecule has 8 heteroatoms. The summed E-state index contributed by atoms with van der Waals surface area (Å²) in [6, 6.07) is 5.43. The van der Waals surface area contributed by atoms with Gasteiger partial charge in [-0.05, 0) is 46.6 Å². The predicted octanol–water partition coefficient (Wildman–Crippen LogP) is 3.95. The van der Waals surface area contributed by atoms with E-state index in [0.717, 1.165) is 12.8 Å². The van der Waals surface area contributed by atoms with E-state index in [4.69, 9.17) is 23.7 Å². The minimum Gasteiger partial charge on any atom is -0.493 e. The molecular formula is C26H35NO7. The van der Waals surface area contributed by atoms with Gasteiger partial charge in [-0.1, -0.05) is 12.1 Å². The SMILES string of the molecule is CCOC(=O)C1=CN(C[C@H]2CCCO2)C=C(C(=O)OCC)C1c1cccc(OC)c1OC(C)C. The Hall–Kier alpha value is -3.00. The highest BCUT2D eigenvalue weighted by molar-refractivity contribution is 5.99. The van der Waals surface area contributed by atoms with Crippen molar-refractivity contribution in [3.8, 4) is 11.5 Å². The first-order valence-electron chi connectivity index (χ1n) is 11.9. The first kappa shape index (κ1) is 25.6. The molecule has 1 aromatic rings. The fourth-order valence-electron chi connectivity index (χ4n) is 4.23. The Labute approximate surface area is 201 Å². The number of rotatable bonds is 10. The summed E-state index contributed by atoms with van der Waals surface area (Å²) >= 11 is 0. The maximum Gasteiger partial charge on any atom is 0.336 e. The Kier molecular flexibility index (Phi) is 8.98. The molecule has 0 radical (unpaired) electrons. The van der Waals surface area contributed by atoms with Gasteiger partial charge in [-0.3, -0.25) is 0 Å². The van der Waals surface area contributed by atoms with Gasteiger partial charge in [-0.25, -0.2) is 9.59 Å². The lowest BCUT2D eigenvalue weighted by Gasteiger charge is -2.32. The van der Waals surface area contributed by atoms with Gasteiger partial charge in [0.25, 0.3) is 0 Å². The summed E-state index contributed by atoms with van der Waals surface area (Å²) in [6.45, 7) is 8.97. The molecule has 186 valence electrons. The molecule has 0 bridgehead atoms. The van der Waals surface area contributed by atoms with Crippen LogP contribution in [0.15, 0.2) is 41.7 Å². The van der Waals surface area contributed by atoms with Gasteiger partial charge < -0.3 is 28.6 Å². The molecule has 0 N–H and O–H groups in total. The molecule has 0 aromatic heterocycles. The average Bonchev–Trinajstić information content (AvgIpc) is 3.32. The van der Waals surface area contributed by atoms with Crippen molar-refractivity contribution in [1.82, 2.24) is 4.90 Å². The van der Waals surface area contributed by atoms with E-state index in [1.54, 1.807) is 39.4 Å². The van der Waals surface area contributed by atoms with Crippen LogP contribution in [-0.4, -0.2) is 62.5 Å². The van der Waals surface area contributed by atoms with Crippen LogP contribution in [0, 0.1) is 0 Å². The Balaban J connectivity index is 2.15. The maximum atomic E-state index is 13.2.